The number of unbranched alkanes of at least 4 members (excludes halogenated alkanes) is 48. The molecule has 0 amide bonds. The van der Waals surface area contributed by atoms with E-state index in [0.717, 1.165) is 120 Å². The fourth-order valence-electron chi connectivity index (χ4n) is 13.4. The predicted molar refractivity (Wildman–Crippen MR) is 437 cm³/mol. The minimum absolute atomic E-state index is 0.107. The molecule has 0 heterocycles. The fraction of sp³-hybridized carbons (Fsp3) is 0.954. The number of phosphoric ester groups is 2. The van der Waals surface area contributed by atoms with Gasteiger partial charge in [0.25, 0.3) is 0 Å². The monoisotopic (exact) mass is 1550 g/mol. The van der Waals surface area contributed by atoms with Crippen LogP contribution in [0, 0.1) is 23.7 Å². The van der Waals surface area contributed by atoms with Crippen molar-refractivity contribution in [2.24, 2.45) is 23.7 Å². The Morgan fingerprint density at radius 3 is 0.670 bits per heavy atom. The molecule has 3 N–H and O–H groups in total. The van der Waals surface area contributed by atoms with Crippen LogP contribution in [0.1, 0.15) is 453 Å². The van der Waals surface area contributed by atoms with Crippen molar-refractivity contribution in [1.82, 2.24) is 0 Å². The number of esters is 4. The average molecular weight is 1550 g/mol. The van der Waals surface area contributed by atoms with Gasteiger partial charge < -0.3 is 33.8 Å². The number of phosphoric acid groups is 2. The minimum Gasteiger partial charge on any atom is -0.462 e. The Morgan fingerprint density at radius 2 is 0.453 bits per heavy atom. The van der Waals surface area contributed by atoms with E-state index < -0.39 is 97.5 Å². The van der Waals surface area contributed by atoms with Crippen molar-refractivity contribution < 1.29 is 80.2 Å². The summed E-state index contributed by atoms with van der Waals surface area (Å²) < 4.78 is 68.9. The molecule has 0 aromatic carbocycles. The number of carbonyl (C=O) groups excluding carboxylic acids is 4. The highest BCUT2D eigenvalue weighted by Gasteiger charge is 2.31. The highest BCUT2D eigenvalue weighted by atomic mass is 31.2. The molecule has 0 radical (unpaired) electrons. The van der Waals surface area contributed by atoms with Crippen molar-refractivity contribution in [3.05, 3.63) is 0 Å². The molecule has 0 bridgehead atoms. The van der Waals surface area contributed by atoms with Crippen LogP contribution in [0.3, 0.4) is 0 Å². The summed E-state index contributed by atoms with van der Waals surface area (Å²) in [6.45, 7) is 14.4. The maximum absolute atomic E-state index is 13.1. The van der Waals surface area contributed by atoms with E-state index >= 15 is 0 Å². The summed E-state index contributed by atoms with van der Waals surface area (Å²) >= 11 is 0. The van der Waals surface area contributed by atoms with Crippen LogP contribution < -0.4 is 0 Å². The van der Waals surface area contributed by atoms with Crippen LogP contribution in [0.15, 0.2) is 0 Å². The van der Waals surface area contributed by atoms with Gasteiger partial charge in [0.15, 0.2) is 12.2 Å². The molecule has 7 atom stereocenters. The summed E-state index contributed by atoms with van der Waals surface area (Å²) in [7, 11) is -9.93. The molecule has 630 valence electrons. The third-order valence-electron chi connectivity index (χ3n) is 21.0. The van der Waals surface area contributed by atoms with E-state index in [4.69, 9.17) is 37.0 Å². The van der Waals surface area contributed by atoms with Gasteiger partial charge in [-0.05, 0) is 49.4 Å². The number of aliphatic hydroxyl groups is 1. The maximum Gasteiger partial charge on any atom is 0.472 e. The average Bonchev–Trinajstić information content (AvgIpc) is 0.912. The smallest absolute Gasteiger partial charge is 0.462 e. The lowest BCUT2D eigenvalue weighted by Gasteiger charge is -2.21. The van der Waals surface area contributed by atoms with Crippen molar-refractivity contribution in [2.45, 2.75) is 472 Å². The highest BCUT2D eigenvalue weighted by molar-refractivity contribution is 7.47. The summed E-state index contributed by atoms with van der Waals surface area (Å²) in [4.78, 5) is 73.2. The van der Waals surface area contributed by atoms with E-state index in [1.165, 1.54) is 250 Å². The molecule has 0 rings (SSSR count). The van der Waals surface area contributed by atoms with Crippen molar-refractivity contribution >= 4 is 39.5 Å². The molecular weight excluding hydrogens is 1380 g/mol. The van der Waals surface area contributed by atoms with Crippen LogP contribution in [0.2, 0.25) is 0 Å². The number of rotatable bonds is 84. The molecule has 106 heavy (non-hydrogen) atoms. The standard InChI is InChI=1S/C87H170O17P2/c1-9-79(7)65-57-49-41-35-29-23-15-13-11-12-14-16-25-31-37-43-53-61-70-87(92)104-83(74-98-85(90)68-60-52-46-45-50-58-66-80(8)10-2)76-102-106(95,96)100-72-81(88)71-99-105(93,94)101-75-82(103-86(91)69-62-54-44-38-32-26-20-18-22-28-34-40-48-56-64-78(5)6)73-97-84(89)67-59-51-42-36-30-24-19-17-21-27-33-39-47-55-63-77(3)4/h77-83,88H,9-76H2,1-8H3,(H,93,94)(H,95,96)/t79?,80?,81-,82-,83-/m1/s1. The molecule has 0 spiro atoms. The quantitative estimate of drug-likeness (QED) is 0.0222. The van der Waals surface area contributed by atoms with Gasteiger partial charge in [0.05, 0.1) is 26.4 Å². The number of ether oxygens (including phenoxy) is 4. The largest absolute Gasteiger partial charge is 0.472 e. The van der Waals surface area contributed by atoms with Gasteiger partial charge in [-0.3, -0.25) is 37.3 Å². The lowest BCUT2D eigenvalue weighted by atomic mass is 9.99. The minimum atomic E-state index is -4.97. The molecule has 0 aromatic rings. The Hall–Kier alpha value is -1.94. The van der Waals surface area contributed by atoms with Crippen LogP contribution in [0.5, 0.6) is 0 Å². The van der Waals surface area contributed by atoms with E-state index in [9.17, 15) is 43.2 Å². The van der Waals surface area contributed by atoms with Gasteiger partial charge in [-0.25, -0.2) is 9.13 Å². The molecule has 0 aliphatic carbocycles. The Balaban J connectivity index is 5.21. The van der Waals surface area contributed by atoms with E-state index in [0.29, 0.717) is 25.7 Å². The summed E-state index contributed by atoms with van der Waals surface area (Å²) in [6.07, 6.45) is 65.3. The zero-order chi connectivity index (χ0) is 78.1. The van der Waals surface area contributed by atoms with Crippen LogP contribution >= 0.6 is 15.6 Å². The Bertz CT molecular complexity index is 2060. The van der Waals surface area contributed by atoms with Gasteiger partial charge in [0.1, 0.15) is 19.3 Å². The van der Waals surface area contributed by atoms with Crippen LogP contribution in [0.25, 0.3) is 0 Å². The van der Waals surface area contributed by atoms with Crippen molar-refractivity contribution in [2.75, 3.05) is 39.6 Å². The summed E-state index contributed by atoms with van der Waals surface area (Å²) in [6, 6.07) is 0. The van der Waals surface area contributed by atoms with Gasteiger partial charge in [-0.2, -0.15) is 0 Å². The summed E-state index contributed by atoms with van der Waals surface area (Å²) in [5.41, 5.74) is 0. The molecule has 0 aliphatic heterocycles. The molecule has 0 saturated carbocycles. The topological polar surface area (TPSA) is 237 Å². The van der Waals surface area contributed by atoms with Crippen molar-refractivity contribution in [3.63, 3.8) is 0 Å². The molecule has 19 heteroatoms. The first-order chi connectivity index (χ1) is 51.2. The lowest BCUT2D eigenvalue weighted by molar-refractivity contribution is -0.161. The first kappa shape index (κ1) is 104. The number of carbonyl (C=O) groups is 4. The lowest BCUT2D eigenvalue weighted by Crippen LogP contribution is -2.30. The van der Waals surface area contributed by atoms with E-state index in [1.807, 2.05) is 0 Å². The second-order valence-electron chi connectivity index (χ2n) is 32.7. The first-order valence-corrected chi connectivity index (χ1v) is 47.8. The van der Waals surface area contributed by atoms with Gasteiger partial charge in [0.2, 0.25) is 0 Å². The van der Waals surface area contributed by atoms with E-state index in [2.05, 4.69) is 55.4 Å². The number of aliphatic hydroxyl groups excluding tert-OH is 1. The third-order valence-corrected chi connectivity index (χ3v) is 22.9. The molecule has 0 saturated heterocycles. The second kappa shape index (κ2) is 75.7. The molecule has 0 fully saturated rings. The second-order valence-corrected chi connectivity index (χ2v) is 35.6. The van der Waals surface area contributed by atoms with Crippen LogP contribution in [0.4, 0.5) is 0 Å². The van der Waals surface area contributed by atoms with Gasteiger partial charge in [0, 0.05) is 25.7 Å². The predicted octanol–water partition coefficient (Wildman–Crippen LogP) is 26.3. The Morgan fingerprint density at radius 1 is 0.264 bits per heavy atom. The number of hydrogen-bond acceptors (Lipinski definition) is 15. The molecule has 0 aliphatic rings. The van der Waals surface area contributed by atoms with Gasteiger partial charge in [-0.15, -0.1) is 0 Å². The Labute approximate surface area is 651 Å². The first-order valence-electron chi connectivity index (χ1n) is 44.8. The van der Waals surface area contributed by atoms with E-state index in [-0.39, 0.29) is 25.7 Å². The molecular formula is C87H170O17P2. The summed E-state index contributed by atoms with van der Waals surface area (Å²) in [5, 5.41) is 10.7. The van der Waals surface area contributed by atoms with Crippen LogP contribution in [-0.2, 0) is 65.4 Å². The third kappa shape index (κ3) is 77.4. The highest BCUT2D eigenvalue weighted by Crippen LogP contribution is 2.45. The zero-order valence-corrected chi connectivity index (χ0v) is 71.9. The summed E-state index contributed by atoms with van der Waals surface area (Å²) in [5.74, 6) is 1.09. The van der Waals surface area contributed by atoms with Gasteiger partial charge >= 0.3 is 39.5 Å². The van der Waals surface area contributed by atoms with Crippen LogP contribution in [-0.4, -0.2) is 96.7 Å². The zero-order valence-electron chi connectivity index (χ0n) is 70.1. The van der Waals surface area contributed by atoms with Crippen molar-refractivity contribution in [1.29, 1.82) is 0 Å². The molecule has 4 unspecified atom stereocenters. The molecule has 17 nitrogen and oxygen atoms in total. The molecule has 0 aromatic heterocycles. The van der Waals surface area contributed by atoms with E-state index in [1.54, 1.807) is 0 Å². The Kier molecular flexibility index (Phi) is 74.3. The SMILES string of the molecule is CCC(C)CCCCCCCCCCCCCCCCCCCCC(=O)O[C@H](COC(=O)CCCCCCCCC(C)CC)COP(=O)(O)OC[C@H](O)COP(=O)(O)OC[C@@H](COC(=O)CCCCCCCCCCCCCCCCC(C)C)OC(=O)CCCCCCCCCCCCCCCCC(C)C. The normalized spacial score (nSPS) is 14.4. The maximum atomic E-state index is 13.1. The van der Waals surface area contributed by atoms with Gasteiger partial charge in [-0.1, -0.05) is 402 Å². The fourth-order valence-corrected chi connectivity index (χ4v) is 15.0. The number of hydrogen-bond donors (Lipinski definition) is 3. The van der Waals surface area contributed by atoms with Crippen molar-refractivity contribution in [3.8, 4) is 0 Å².